The van der Waals surface area contributed by atoms with Crippen LogP contribution in [0.1, 0.15) is 344 Å². The minimum atomic E-state index is -0.551. The number of nitrogens with zero attached hydrogens (tertiary/aromatic N) is 2. The Morgan fingerprint density at radius 1 is 0.391 bits per heavy atom. The van der Waals surface area contributed by atoms with Crippen LogP contribution in [0.25, 0.3) is 30.9 Å². The van der Waals surface area contributed by atoms with Gasteiger partial charge in [0.25, 0.3) is 11.8 Å². The second-order valence-electron chi connectivity index (χ2n) is 28.4. The number of unbranched alkanes of at least 4 members (excludes halogenated alkanes) is 26. The topological polar surface area (TPSA) is 92.7 Å². The van der Waals surface area contributed by atoms with Crippen molar-refractivity contribution >= 4 is 68.6 Å². The molecule has 2 atom stereocenters. The monoisotopic (exact) mass is 1260 g/mol. The lowest BCUT2D eigenvalue weighted by atomic mass is 9.71. The summed E-state index contributed by atoms with van der Waals surface area (Å²) < 4.78 is 0. The second kappa shape index (κ2) is 35.8. The standard InChI is InChI=1S/C77H122N4O2S4/c1-11-17-23-29-33-39-45-57(43-37-27-21-15-5)55-80-69(67-68(74(80)83)70(63-49-50-65(85-63)75(7,8)78)81(73(67)82)56-58(44-38-28-22-16-6)46-40-34-30-24-18-12-2)62-48-47-61(84-62)64-53-59-71(86-64)72-60(54-66(87-72)76(9,10)79)77(59,51-41-35-31-25-19-13-3)52-42-36-32-26-20-14-4/h47-50,53-54,57-58H,11-46,51-52,55-56,78-79H2,1-10H3. The van der Waals surface area contributed by atoms with Crippen LogP contribution < -0.4 is 11.5 Å². The van der Waals surface area contributed by atoms with Crippen molar-refractivity contribution in [3.8, 4) is 19.5 Å². The van der Waals surface area contributed by atoms with Crippen molar-refractivity contribution in [3.05, 3.63) is 78.2 Å². The van der Waals surface area contributed by atoms with Gasteiger partial charge in [0.1, 0.15) is 0 Å². The number of hydrogen-bond donors (Lipinski definition) is 2. The predicted octanol–water partition coefficient (Wildman–Crippen LogP) is 24.2. The van der Waals surface area contributed by atoms with E-state index >= 15 is 9.59 Å². The van der Waals surface area contributed by atoms with Gasteiger partial charge in [0.15, 0.2) is 0 Å². The number of nitrogens with two attached hydrogens (primary N) is 2. The molecule has 0 radical (unpaired) electrons. The van der Waals surface area contributed by atoms with E-state index in [2.05, 4.69) is 115 Å². The Morgan fingerprint density at radius 3 is 1.15 bits per heavy atom. The number of carbonyl (C=O) groups is 2. The molecular formula is C77H122N4O2S4. The quantitative estimate of drug-likeness (QED) is 0.0431. The predicted molar refractivity (Wildman–Crippen MR) is 384 cm³/mol. The molecule has 0 aromatic carbocycles. The Kier molecular flexibility index (Phi) is 29.5. The van der Waals surface area contributed by atoms with E-state index in [9.17, 15) is 0 Å². The van der Waals surface area contributed by atoms with E-state index in [4.69, 9.17) is 11.5 Å². The molecule has 4 aromatic heterocycles. The van der Waals surface area contributed by atoms with E-state index in [1.807, 2.05) is 34.0 Å². The Morgan fingerprint density at radius 2 is 0.736 bits per heavy atom. The van der Waals surface area contributed by atoms with Gasteiger partial charge in [-0.15, -0.1) is 45.3 Å². The molecule has 4 N–H and O–H groups in total. The molecule has 7 rings (SSSR count). The lowest BCUT2D eigenvalue weighted by molar-refractivity contribution is -0.124. The molecule has 0 saturated carbocycles. The molecule has 0 spiro atoms. The van der Waals surface area contributed by atoms with Gasteiger partial charge in [-0.1, -0.05) is 247 Å². The normalized spacial score (nSPS) is 15.7. The smallest absolute Gasteiger partial charge is 0.261 e. The van der Waals surface area contributed by atoms with Crippen LogP contribution in [0.2, 0.25) is 0 Å². The maximum atomic E-state index is 16.2. The molecule has 486 valence electrons. The van der Waals surface area contributed by atoms with Crippen LogP contribution in [0.4, 0.5) is 0 Å². The zero-order chi connectivity index (χ0) is 62.4. The van der Waals surface area contributed by atoms with Gasteiger partial charge in [-0.2, -0.15) is 0 Å². The highest BCUT2D eigenvalue weighted by atomic mass is 32.1. The molecule has 4 aromatic rings. The van der Waals surface area contributed by atoms with Crippen molar-refractivity contribution in [2.75, 3.05) is 13.1 Å². The summed E-state index contributed by atoms with van der Waals surface area (Å²) >= 11 is 7.42. The van der Waals surface area contributed by atoms with Crippen molar-refractivity contribution < 1.29 is 9.59 Å². The summed E-state index contributed by atoms with van der Waals surface area (Å²) in [7, 11) is 0. The summed E-state index contributed by atoms with van der Waals surface area (Å²) in [5, 5.41) is 0. The minimum absolute atomic E-state index is 0.0211. The van der Waals surface area contributed by atoms with Gasteiger partial charge in [-0.25, -0.2) is 0 Å². The van der Waals surface area contributed by atoms with Gasteiger partial charge in [-0.05, 0) is 126 Å². The van der Waals surface area contributed by atoms with Crippen molar-refractivity contribution in [1.29, 1.82) is 0 Å². The van der Waals surface area contributed by atoms with Gasteiger partial charge in [0, 0.05) is 58.8 Å². The van der Waals surface area contributed by atoms with Crippen LogP contribution in [0, 0.1) is 11.8 Å². The third-order valence-electron chi connectivity index (χ3n) is 19.7. The Labute approximate surface area is 548 Å². The molecule has 6 heterocycles. The molecule has 6 nitrogen and oxygen atoms in total. The summed E-state index contributed by atoms with van der Waals surface area (Å²) in [6.07, 6.45) is 47.1. The van der Waals surface area contributed by atoms with Gasteiger partial charge in [-0.3, -0.25) is 9.59 Å². The molecule has 0 bridgehead atoms. The third-order valence-corrected chi connectivity index (χ3v) is 25.2. The van der Waals surface area contributed by atoms with E-state index in [1.165, 1.54) is 243 Å². The average molecular weight is 1260 g/mol. The second-order valence-corrected chi connectivity index (χ2v) is 32.7. The molecule has 1 aliphatic carbocycles. The van der Waals surface area contributed by atoms with Crippen LogP contribution in [-0.4, -0.2) is 34.7 Å². The van der Waals surface area contributed by atoms with E-state index in [0.717, 1.165) is 51.7 Å². The number of amides is 2. The molecule has 10 heteroatoms. The lowest BCUT2D eigenvalue weighted by Gasteiger charge is -2.32. The SMILES string of the molecule is CCCCCCCCC(CCCCCC)CN1C(=O)C2=C(c3ccc(C(C)(C)N)s3)N(CC(CCCCCC)CCCCCCCC)C(=O)C2=C1c1ccc(-c2cc3c(s2)-c2sc(C(C)(C)N)cc2C3(CCCCCCCC)CCCCCCCC)s1. The van der Waals surface area contributed by atoms with Gasteiger partial charge < -0.3 is 21.3 Å². The largest absolute Gasteiger partial charge is 0.321 e. The number of carbonyl (C=O) groups excluding carboxylic acids is 2. The number of rotatable bonds is 47. The Bertz CT molecular complexity index is 2750. The van der Waals surface area contributed by atoms with Crippen molar-refractivity contribution in [2.24, 2.45) is 23.3 Å². The minimum Gasteiger partial charge on any atom is -0.321 e. The summed E-state index contributed by atoms with van der Waals surface area (Å²) in [6, 6.07) is 14.1. The van der Waals surface area contributed by atoms with Crippen molar-refractivity contribution in [3.63, 3.8) is 0 Å². The maximum absolute atomic E-state index is 16.2. The van der Waals surface area contributed by atoms with Crippen LogP contribution in [-0.2, 0) is 26.1 Å². The molecule has 2 amide bonds. The van der Waals surface area contributed by atoms with Crippen LogP contribution in [0.15, 0.2) is 47.5 Å². The van der Waals surface area contributed by atoms with Crippen LogP contribution >= 0.6 is 45.3 Å². The molecule has 2 aliphatic heterocycles. The van der Waals surface area contributed by atoms with E-state index in [-0.39, 0.29) is 17.2 Å². The lowest BCUT2D eigenvalue weighted by Crippen LogP contribution is -2.34. The first-order valence-corrected chi connectivity index (χ1v) is 39.5. The first-order chi connectivity index (χ1) is 42.1. The first-order valence-electron chi connectivity index (χ1n) is 36.3. The molecule has 0 fully saturated rings. The van der Waals surface area contributed by atoms with Gasteiger partial charge in [0.05, 0.1) is 32.3 Å². The molecule has 87 heavy (non-hydrogen) atoms. The van der Waals surface area contributed by atoms with E-state index < -0.39 is 11.1 Å². The highest BCUT2D eigenvalue weighted by Gasteiger charge is 2.51. The highest BCUT2D eigenvalue weighted by molar-refractivity contribution is 7.27. The fourth-order valence-electron chi connectivity index (χ4n) is 14.5. The number of thiophene rings is 4. The van der Waals surface area contributed by atoms with Crippen molar-refractivity contribution in [2.45, 2.75) is 330 Å². The first kappa shape index (κ1) is 71.6. The van der Waals surface area contributed by atoms with E-state index in [0.29, 0.717) is 36.1 Å². The van der Waals surface area contributed by atoms with Crippen LogP contribution in [0.5, 0.6) is 0 Å². The summed E-state index contributed by atoms with van der Waals surface area (Å²) in [5.74, 6) is 0.754. The molecule has 0 saturated heterocycles. The summed E-state index contributed by atoms with van der Waals surface area (Å²) in [6.45, 7) is 23.6. The molecule has 2 unspecified atom stereocenters. The zero-order valence-corrected chi connectivity index (χ0v) is 60.2. The van der Waals surface area contributed by atoms with Gasteiger partial charge >= 0.3 is 0 Å². The third kappa shape index (κ3) is 19.1. The Balaban J connectivity index is 1.36. The summed E-state index contributed by atoms with van der Waals surface area (Å²) in [5.41, 5.74) is 18.9. The Hall–Kier alpha value is -2.86. The van der Waals surface area contributed by atoms with Crippen molar-refractivity contribution in [1.82, 2.24) is 9.80 Å². The van der Waals surface area contributed by atoms with Gasteiger partial charge in [0.2, 0.25) is 0 Å². The zero-order valence-electron chi connectivity index (χ0n) is 56.9. The maximum Gasteiger partial charge on any atom is 0.261 e. The summed E-state index contributed by atoms with van der Waals surface area (Å²) in [4.78, 5) is 46.5. The number of hydrogen-bond acceptors (Lipinski definition) is 8. The molecular weight excluding hydrogens is 1140 g/mol. The number of fused-ring (bicyclic) bond motifs is 4. The van der Waals surface area contributed by atoms with E-state index in [1.54, 1.807) is 22.5 Å². The molecule has 3 aliphatic rings. The fourth-order valence-corrected chi connectivity index (χ4v) is 19.4. The van der Waals surface area contributed by atoms with Crippen LogP contribution in [0.3, 0.4) is 0 Å². The average Bonchev–Trinajstić information content (AvgIpc) is 1.59. The highest BCUT2D eigenvalue weighted by Crippen LogP contribution is 2.62. The fraction of sp³-hybridized carbons (Fsp3) is 0.714.